The predicted molar refractivity (Wildman–Crippen MR) is 107 cm³/mol. The molecule has 1 fully saturated rings. The Kier molecular flexibility index (Phi) is 4.80. The van der Waals surface area contributed by atoms with Crippen molar-refractivity contribution in [2.45, 2.75) is 26.7 Å². The van der Waals surface area contributed by atoms with Crippen LogP contribution >= 0.6 is 11.3 Å². The molecule has 0 atom stereocenters. The standard InChI is InChI=1S/C19H23N5O3S/c1-19(2)6-7-24(18(19)26)15-13(10-23(3)22-15)20-16(25)14-11-28-17(21-14)12-4-8-27-9-5-12/h4,10-11H,5-9H2,1-3H3,(H,20,25). The maximum atomic E-state index is 12.7. The van der Waals surface area contributed by atoms with Crippen LogP contribution < -0.4 is 10.2 Å². The Balaban J connectivity index is 1.54. The molecule has 2 aliphatic rings. The average molecular weight is 401 g/mol. The number of thiazole rings is 1. The van der Waals surface area contributed by atoms with E-state index in [0.29, 0.717) is 37.0 Å². The van der Waals surface area contributed by atoms with Crippen LogP contribution in [0.5, 0.6) is 0 Å². The molecule has 0 aromatic carbocycles. The molecule has 0 saturated carbocycles. The molecular formula is C19H23N5O3S. The van der Waals surface area contributed by atoms with Gasteiger partial charge in [0.25, 0.3) is 5.91 Å². The van der Waals surface area contributed by atoms with Gasteiger partial charge in [-0.05, 0) is 18.4 Å². The van der Waals surface area contributed by atoms with Crippen LogP contribution in [0.15, 0.2) is 17.7 Å². The second-order valence-electron chi connectivity index (χ2n) is 7.68. The third kappa shape index (κ3) is 3.47. The van der Waals surface area contributed by atoms with Gasteiger partial charge in [-0.3, -0.25) is 19.2 Å². The van der Waals surface area contributed by atoms with Crippen molar-refractivity contribution < 1.29 is 14.3 Å². The number of carbonyl (C=O) groups is 2. The van der Waals surface area contributed by atoms with E-state index in [-0.39, 0.29) is 11.8 Å². The lowest BCUT2D eigenvalue weighted by Gasteiger charge is -2.18. The Bertz CT molecular complexity index is 959. The van der Waals surface area contributed by atoms with Crippen molar-refractivity contribution in [2.24, 2.45) is 12.5 Å². The van der Waals surface area contributed by atoms with Gasteiger partial charge in [0.05, 0.1) is 19.4 Å². The van der Waals surface area contributed by atoms with Crippen LogP contribution in [0.25, 0.3) is 5.57 Å². The number of aryl methyl sites for hydroxylation is 1. The number of hydrogen-bond donors (Lipinski definition) is 1. The fraction of sp³-hybridized carbons (Fsp3) is 0.474. The van der Waals surface area contributed by atoms with E-state index in [1.165, 1.54) is 11.3 Å². The van der Waals surface area contributed by atoms with E-state index in [9.17, 15) is 9.59 Å². The van der Waals surface area contributed by atoms with Crippen molar-refractivity contribution in [3.8, 4) is 0 Å². The maximum absolute atomic E-state index is 12.7. The van der Waals surface area contributed by atoms with Crippen molar-refractivity contribution >= 4 is 40.2 Å². The van der Waals surface area contributed by atoms with Crippen LogP contribution in [-0.2, 0) is 16.6 Å². The zero-order chi connectivity index (χ0) is 19.9. The van der Waals surface area contributed by atoms with Gasteiger partial charge in [0.15, 0.2) is 5.82 Å². The van der Waals surface area contributed by atoms with Crippen LogP contribution in [-0.4, -0.2) is 46.3 Å². The van der Waals surface area contributed by atoms with E-state index in [1.807, 2.05) is 19.9 Å². The number of ether oxygens (including phenoxy) is 1. The molecule has 8 nitrogen and oxygen atoms in total. The van der Waals surface area contributed by atoms with E-state index in [2.05, 4.69) is 15.4 Å². The van der Waals surface area contributed by atoms with Gasteiger partial charge in [0.1, 0.15) is 16.4 Å². The van der Waals surface area contributed by atoms with E-state index in [0.717, 1.165) is 23.4 Å². The molecule has 4 rings (SSSR count). The van der Waals surface area contributed by atoms with Gasteiger partial charge in [-0.15, -0.1) is 11.3 Å². The number of hydrogen-bond acceptors (Lipinski definition) is 6. The quantitative estimate of drug-likeness (QED) is 0.851. The number of nitrogens with one attached hydrogen (secondary N) is 1. The summed E-state index contributed by atoms with van der Waals surface area (Å²) in [6.45, 7) is 5.70. The number of carbonyl (C=O) groups excluding carboxylic acids is 2. The first-order chi connectivity index (χ1) is 13.3. The summed E-state index contributed by atoms with van der Waals surface area (Å²) in [6, 6.07) is 0. The molecule has 2 aromatic heterocycles. The third-order valence-electron chi connectivity index (χ3n) is 5.07. The average Bonchev–Trinajstić information content (AvgIpc) is 3.35. The molecule has 1 N–H and O–H groups in total. The van der Waals surface area contributed by atoms with Crippen molar-refractivity contribution in [3.05, 3.63) is 28.4 Å². The summed E-state index contributed by atoms with van der Waals surface area (Å²) in [5.74, 6) is 0.188. The molecule has 2 aromatic rings. The largest absolute Gasteiger partial charge is 0.377 e. The molecule has 148 valence electrons. The Morgan fingerprint density at radius 3 is 2.89 bits per heavy atom. The zero-order valence-electron chi connectivity index (χ0n) is 16.2. The Labute approximate surface area is 167 Å². The zero-order valence-corrected chi connectivity index (χ0v) is 17.0. The molecule has 2 aliphatic heterocycles. The highest BCUT2D eigenvalue weighted by Gasteiger charge is 2.41. The predicted octanol–water partition coefficient (Wildman–Crippen LogP) is 2.70. The lowest BCUT2D eigenvalue weighted by atomic mass is 9.92. The van der Waals surface area contributed by atoms with E-state index in [1.54, 1.807) is 28.2 Å². The van der Waals surface area contributed by atoms with E-state index in [4.69, 9.17) is 4.74 Å². The normalized spacial score (nSPS) is 19.0. The highest BCUT2D eigenvalue weighted by Crippen LogP contribution is 2.36. The second-order valence-corrected chi connectivity index (χ2v) is 8.54. The molecule has 0 radical (unpaired) electrons. The minimum absolute atomic E-state index is 0.0177. The van der Waals surface area contributed by atoms with Crippen molar-refractivity contribution in [1.82, 2.24) is 14.8 Å². The minimum atomic E-state index is -0.417. The first kappa shape index (κ1) is 18.8. The topological polar surface area (TPSA) is 89.4 Å². The van der Waals surface area contributed by atoms with Gasteiger partial charge >= 0.3 is 0 Å². The molecular weight excluding hydrogens is 378 g/mol. The number of anilines is 2. The monoisotopic (exact) mass is 401 g/mol. The summed E-state index contributed by atoms with van der Waals surface area (Å²) in [5.41, 5.74) is 1.57. The molecule has 0 spiro atoms. The summed E-state index contributed by atoms with van der Waals surface area (Å²) in [4.78, 5) is 31.5. The van der Waals surface area contributed by atoms with Gasteiger partial charge < -0.3 is 10.1 Å². The summed E-state index contributed by atoms with van der Waals surface area (Å²) in [7, 11) is 1.77. The number of amides is 2. The van der Waals surface area contributed by atoms with Gasteiger partial charge in [0, 0.05) is 24.4 Å². The molecule has 0 bridgehead atoms. The van der Waals surface area contributed by atoms with Gasteiger partial charge in [-0.1, -0.05) is 19.9 Å². The van der Waals surface area contributed by atoms with Gasteiger partial charge in [-0.2, -0.15) is 5.10 Å². The molecule has 0 unspecified atom stereocenters. The number of nitrogens with zero attached hydrogens (tertiary/aromatic N) is 4. The fourth-order valence-corrected chi connectivity index (χ4v) is 4.24. The van der Waals surface area contributed by atoms with Crippen LogP contribution in [0, 0.1) is 5.41 Å². The second kappa shape index (κ2) is 7.14. The van der Waals surface area contributed by atoms with Gasteiger partial charge in [0.2, 0.25) is 5.91 Å². The smallest absolute Gasteiger partial charge is 0.275 e. The van der Waals surface area contributed by atoms with Crippen LogP contribution in [0.2, 0.25) is 0 Å². The molecule has 28 heavy (non-hydrogen) atoms. The Morgan fingerprint density at radius 1 is 1.39 bits per heavy atom. The van der Waals surface area contributed by atoms with E-state index >= 15 is 0 Å². The summed E-state index contributed by atoms with van der Waals surface area (Å²) in [6.07, 6.45) is 5.27. The first-order valence-electron chi connectivity index (χ1n) is 9.25. The third-order valence-corrected chi connectivity index (χ3v) is 5.99. The Hall–Kier alpha value is -2.52. The lowest BCUT2D eigenvalue weighted by Crippen LogP contribution is -2.32. The minimum Gasteiger partial charge on any atom is -0.377 e. The highest BCUT2D eigenvalue weighted by atomic mass is 32.1. The molecule has 0 aliphatic carbocycles. The lowest BCUT2D eigenvalue weighted by molar-refractivity contribution is -0.124. The van der Waals surface area contributed by atoms with Crippen LogP contribution in [0.3, 0.4) is 0 Å². The summed E-state index contributed by atoms with van der Waals surface area (Å²) < 4.78 is 6.92. The number of aromatic nitrogens is 3. The van der Waals surface area contributed by atoms with Gasteiger partial charge in [-0.25, -0.2) is 4.98 Å². The van der Waals surface area contributed by atoms with Crippen molar-refractivity contribution in [2.75, 3.05) is 30.0 Å². The van der Waals surface area contributed by atoms with Crippen molar-refractivity contribution in [3.63, 3.8) is 0 Å². The molecule has 2 amide bonds. The van der Waals surface area contributed by atoms with E-state index < -0.39 is 5.41 Å². The maximum Gasteiger partial charge on any atom is 0.275 e. The SMILES string of the molecule is Cn1cc(NC(=O)c2csc(C3=CCOCC3)n2)c(N2CCC(C)(C)C2=O)n1. The fourth-order valence-electron chi connectivity index (χ4n) is 3.36. The van der Waals surface area contributed by atoms with Crippen LogP contribution in [0.4, 0.5) is 11.5 Å². The first-order valence-corrected chi connectivity index (χ1v) is 10.1. The van der Waals surface area contributed by atoms with Crippen molar-refractivity contribution in [1.29, 1.82) is 0 Å². The highest BCUT2D eigenvalue weighted by molar-refractivity contribution is 7.11. The Morgan fingerprint density at radius 2 is 2.21 bits per heavy atom. The number of rotatable bonds is 4. The molecule has 9 heteroatoms. The summed E-state index contributed by atoms with van der Waals surface area (Å²) >= 11 is 1.45. The summed E-state index contributed by atoms with van der Waals surface area (Å²) in [5, 5.41) is 9.87. The molecule has 1 saturated heterocycles. The molecule has 4 heterocycles. The van der Waals surface area contributed by atoms with Crippen LogP contribution in [0.1, 0.15) is 42.2 Å².